The third-order valence-electron chi connectivity index (χ3n) is 3.62. The van der Waals surface area contributed by atoms with Gasteiger partial charge in [-0.3, -0.25) is 9.69 Å². The van der Waals surface area contributed by atoms with Gasteiger partial charge in [0.2, 0.25) is 0 Å². The highest BCUT2D eigenvalue weighted by Crippen LogP contribution is 2.37. The molecule has 0 saturated heterocycles. The van der Waals surface area contributed by atoms with Gasteiger partial charge in [-0.05, 0) is 35.7 Å². The maximum Gasteiger partial charge on any atom is 0.282 e. The summed E-state index contributed by atoms with van der Waals surface area (Å²) in [5.41, 5.74) is 3.67. The van der Waals surface area contributed by atoms with Crippen molar-refractivity contribution in [3.8, 4) is 0 Å². The van der Waals surface area contributed by atoms with Gasteiger partial charge < -0.3 is 0 Å². The Labute approximate surface area is 142 Å². The van der Waals surface area contributed by atoms with Crippen LogP contribution in [-0.4, -0.2) is 11.6 Å². The number of rotatable bonds is 2. The second-order valence-electron chi connectivity index (χ2n) is 5.08. The van der Waals surface area contributed by atoms with Crippen molar-refractivity contribution in [1.82, 2.24) is 0 Å². The zero-order valence-corrected chi connectivity index (χ0v) is 13.5. The van der Waals surface area contributed by atoms with Gasteiger partial charge in [-0.1, -0.05) is 35.9 Å². The Morgan fingerprint density at radius 3 is 2.70 bits per heavy atom. The van der Waals surface area contributed by atoms with Crippen molar-refractivity contribution in [3.63, 3.8) is 0 Å². The number of nitrogens with zero attached hydrogens (tertiary/aromatic N) is 2. The summed E-state index contributed by atoms with van der Waals surface area (Å²) in [4.78, 5) is 19.2. The number of amides is 1. The second-order valence-corrected chi connectivity index (χ2v) is 6.30. The number of anilines is 2. The number of benzene rings is 2. The normalized spacial score (nSPS) is 15.3. The molecule has 1 aromatic heterocycles. The lowest BCUT2D eigenvalue weighted by atomic mass is 10.1. The summed E-state index contributed by atoms with van der Waals surface area (Å²) in [6.07, 6.45) is 0. The SMILES string of the molecule is O=C1C(=Nc2cccc(Cl)c2)c2ccccc2N1c1ccsc1. The van der Waals surface area contributed by atoms with E-state index in [2.05, 4.69) is 4.99 Å². The molecule has 0 radical (unpaired) electrons. The van der Waals surface area contributed by atoms with Crippen LogP contribution in [0.1, 0.15) is 5.56 Å². The summed E-state index contributed by atoms with van der Waals surface area (Å²) in [7, 11) is 0. The first-order chi connectivity index (χ1) is 11.2. The molecule has 0 atom stereocenters. The molecule has 0 spiro atoms. The minimum atomic E-state index is -0.121. The number of carbonyl (C=O) groups excluding carboxylic acids is 1. The number of thiophene rings is 1. The zero-order chi connectivity index (χ0) is 15.8. The monoisotopic (exact) mass is 338 g/mol. The van der Waals surface area contributed by atoms with Gasteiger partial charge in [0, 0.05) is 16.0 Å². The van der Waals surface area contributed by atoms with Crippen LogP contribution >= 0.6 is 22.9 Å². The van der Waals surface area contributed by atoms with Gasteiger partial charge in [0.1, 0.15) is 5.71 Å². The molecule has 3 aromatic rings. The number of halogens is 1. The van der Waals surface area contributed by atoms with Crippen molar-refractivity contribution in [2.75, 3.05) is 4.90 Å². The average Bonchev–Trinajstić information content (AvgIpc) is 3.15. The molecular weight excluding hydrogens is 328 g/mol. The first-order valence-corrected chi connectivity index (χ1v) is 8.36. The highest BCUT2D eigenvalue weighted by molar-refractivity contribution is 7.08. The molecule has 2 heterocycles. The van der Waals surface area contributed by atoms with E-state index < -0.39 is 0 Å². The first-order valence-electron chi connectivity index (χ1n) is 7.04. The molecule has 1 aliphatic heterocycles. The van der Waals surface area contributed by atoms with Crippen LogP contribution in [0.2, 0.25) is 5.02 Å². The van der Waals surface area contributed by atoms with Gasteiger partial charge in [0.15, 0.2) is 0 Å². The molecule has 2 aromatic carbocycles. The largest absolute Gasteiger partial charge is 0.282 e. The van der Waals surface area contributed by atoms with Crippen molar-refractivity contribution < 1.29 is 4.79 Å². The minimum absolute atomic E-state index is 0.121. The molecule has 112 valence electrons. The van der Waals surface area contributed by atoms with Crippen LogP contribution in [0, 0.1) is 0 Å². The van der Waals surface area contributed by atoms with E-state index >= 15 is 0 Å². The number of hydrogen-bond donors (Lipinski definition) is 0. The Morgan fingerprint density at radius 1 is 1.04 bits per heavy atom. The molecule has 3 nitrogen and oxygen atoms in total. The fraction of sp³-hybridized carbons (Fsp3) is 0. The quantitative estimate of drug-likeness (QED) is 0.632. The van der Waals surface area contributed by atoms with E-state index in [1.807, 2.05) is 53.2 Å². The Bertz CT molecular complexity index is 918. The van der Waals surface area contributed by atoms with Gasteiger partial charge in [-0.25, -0.2) is 4.99 Å². The first kappa shape index (κ1) is 14.2. The smallest absolute Gasteiger partial charge is 0.274 e. The van der Waals surface area contributed by atoms with Crippen LogP contribution in [0.15, 0.2) is 70.3 Å². The van der Waals surface area contributed by atoms with E-state index in [1.54, 1.807) is 28.4 Å². The van der Waals surface area contributed by atoms with Crippen molar-refractivity contribution >= 4 is 51.6 Å². The summed E-state index contributed by atoms with van der Waals surface area (Å²) in [6.45, 7) is 0. The molecule has 1 aliphatic rings. The maximum absolute atomic E-state index is 12.9. The molecule has 0 unspecified atom stereocenters. The number of aliphatic imine (C=N–C) groups is 1. The lowest BCUT2D eigenvalue weighted by molar-refractivity contribution is -0.111. The standard InChI is InChI=1S/C18H11ClN2OS/c19-12-4-3-5-13(10-12)20-17-15-6-1-2-7-16(15)21(18(17)22)14-8-9-23-11-14/h1-11H. The third-order valence-corrected chi connectivity index (χ3v) is 4.53. The molecule has 0 saturated carbocycles. The van der Waals surface area contributed by atoms with Gasteiger partial charge in [0.25, 0.3) is 5.91 Å². The summed E-state index contributed by atoms with van der Waals surface area (Å²) < 4.78 is 0. The lowest BCUT2D eigenvalue weighted by Crippen LogP contribution is -2.24. The fourth-order valence-electron chi connectivity index (χ4n) is 2.62. The molecule has 23 heavy (non-hydrogen) atoms. The Balaban J connectivity index is 1.87. The number of hydrogen-bond acceptors (Lipinski definition) is 3. The van der Waals surface area contributed by atoms with Crippen molar-refractivity contribution in [1.29, 1.82) is 0 Å². The molecule has 1 amide bonds. The molecule has 0 N–H and O–H groups in total. The van der Waals surface area contributed by atoms with Crippen LogP contribution in [0.5, 0.6) is 0 Å². The Morgan fingerprint density at radius 2 is 1.91 bits per heavy atom. The van der Waals surface area contributed by atoms with E-state index in [1.165, 1.54) is 0 Å². The van der Waals surface area contributed by atoms with Gasteiger partial charge in [-0.15, -0.1) is 0 Å². The molecular formula is C18H11ClN2OS. The highest BCUT2D eigenvalue weighted by atomic mass is 35.5. The van der Waals surface area contributed by atoms with Crippen LogP contribution in [0.4, 0.5) is 17.1 Å². The topological polar surface area (TPSA) is 32.7 Å². The van der Waals surface area contributed by atoms with Gasteiger partial charge in [-0.2, -0.15) is 11.3 Å². The minimum Gasteiger partial charge on any atom is -0.274 e. The predicted molar refractivity (Wildman–Crippen MR) is 95.6 cm³/mol. The average molecular weight is 339 g/mol. The van der Waals surface area contributed by atoms with Crippen molar-refractivity contribution in [2.24, 2.45) is 4.99 Å². The predicted octanol–water partition coefficient (Wildman–Crippen LogP) is 5.20. The van der Waals surface area contributed by atoms with Crippen LogP contribution in [-0.2, 0) is 4.79 Å². The van der Waals surface area contributed by atoms with E-state index in [0.29, 0.717) is 16.4 Å². The van der Waals surface area contributed by atoms with Crippen LogP contribution in [0.25, 0.3) is 0 Å². The van der Waals surface area contributed by atoms with E-state index in [4.69, 9.17) is 11.6 Å². The number of fused-ring (bicyclic) bond motifs is 1. The number of carbonyl (C=O) groups is 1. The lowest BCUT2D eigenvalue weighted by Gasteiger charge is -2.14. The van der Waals surface area contributed by atoms with Gasteiger partial charge in [0.05, 0.1) is 17.1 Å². The molecule has 4 rings (SSSR count). The van der Waals surface area contributed by atoms with Crippen LogP contribution < -0.4 is 4.90 Å². The zero-order valence-electron chi connectivity index (χ0n) is 11.9. The summed E-state index contributed by atoms with van der Waals surface area (Å²) in [6, 6.07) is 16.8. The van der Waals surface area contributed by atoms with E-state index in [0.717, 1.165) is 16.9 Å². The molecule has 0 aliphatic carbocycles. The molecule has 0 fully saturated rings. The van der Waals surface area contributed by atoms with E-state index in [9.17, 15) is 4.79 Å². The fourth-order valence-corrected chi connectivity index (χ4v) is 3.43. The van der Waals surface area contributed by atoms with Crippen molar-refractivity contribution in [2.45, 2.75) is 0 Å². The maximum atomic E-state index is 12.9. The molecule has 0 bridgehead atoms. The summed E-state index contributed by atoms with van der Waals surface area (Å²) >= 11 is 7.57. The number of para-hydroxylation sites is 1. The summed E-state index contributed by atoms with van der Waals surface area (Å²) in [5.74, 6) is -0.121. The molecule has 5 heteroatoms. The third kappa shape index (κ3) is 2.46. The highest BCUT2D eigenvalue weighted by Gasteiger charge is 2.34. The van der Waals surface area contributed by atoms with Crippen molar-refractivity contribution in [3.05, 3.63) is 75.9 Å². The summed E-state index contributed by atoms with van der Waals surface area (Å²) in [5, 5.41) is 4.51. The second kappa shape index (κ2) is 5.65. The Kier molecular flexibility index (Phi) is 3.48. The Hall–Kier alpha value is -2.43. The van der Waals surface area contributed by atoms with Gasteiger partial charge >= 0.3 is 0 Å². The van der Waals surface area contributed by atoms with Crippen LogP contribution in [0.3, 0.4) is 0 Å². The van der Waals surface area contributed by atoms with E-state index in [-0.39, 0.29) is 5.91 Å².